The van der Waals surface area contributed by atoms with Gasteiger partial charge in [0.15, 0.2) is 0 Å². The molecule has 1 amide bonds. The number of carboxylic acid groups (broad SMARTS) is 1. The second-order valence-corrected chi connectivity index (χ2v) is 5.08. The molecular formula is C17H18N4O3. The second-order valence-electron chi connectivity index (χ2n) is 5.08. The van der Waals surface area contributed by atoms with Gasteiger partial charge in [-0.3, -0.25) is 15.0 Å². The summed E-state index contributed by atoms with van der Waals surface area (Å²) in [5, 5.41) is 21.8. The van der Waals surface area contributed by atoms with Crippen molar-refractivity contribution in [3.05, 3.63) is 65.2 Å². The molecule has 0 radical (unpaired) electrons. The minimum atomic E-state index is -1.01. The Labute approximate surface area is 139 Å². The zero-order valence-electron chi connectivity index (χ0n) is 12.9. The van der Waals surface area contributed by atoms with Crippen LogP contribution < -0.4 is 16.4 Å². The molecule has 2 rings (SSSR count). The first-order valence-electron chi connectivity index (χ1n) is 7.23. The topological polar surface area (TPSA) is 128 Å². The summed E-state index contributed by atoms with van der Waals surface area (Å²) in [4.78, 5) is 22.8. The Bertz CT molecular complexity index is 760. The van der Waals surface area contributed by atoms with Crippen molar-refractivity contribution in [1.29, 1.82) is 5.41 Å². The van der Waals surface area contributed by atoms with Crippen LogP contribution in [0.2, 0.25) is 0 Å². The Morgan fingerprint density at radius 2 is 1.79 bits per heavy atom. The molecule has 0 fully saturated rings. The van der Waals surface area contributed by atoms with Crippen molar-refractivity contribution in [2.24, 2.45) is 5.73 Å². The molecule has 0 aliphatic carbocycles. The van der Waals surface area contributed by atoms with Gasteiger partial charge in [0.1, 0.15) is 12.4 Å². The Kier molecular flexibility index (Phi) is 5.51. The number of nitrogens with two attached hydrogens (primary N) is 1. The average molecular weight is 326 g/mol. The highest BCUT2D eigenvalue weighted by molar-refractivity contribution is 5.96. The number of carbonyl (C=O) groups is 2. The third-order valence-electron chi connectivity index (χ3n) is 3.33. The van der Waals surface area contributed by atoms with Gasteiger partial charge in [-0.1, -0.05) is 30.3 Å². The lowest BCUT2D eigenvalue weighted by Crippen LogP contribution is -2.24. The van der Waals surface area contributed by atoms with Gasteiger partial charge in [-0.05, 0) is 23.8 Å². The fourth-order valence-electron chi connectivity index (χ4n) is 2.10. The number of amides is 1. The predicted octanol–water partition coefficient (Wildman–Crippen LogP) is 1.40. The number of amidine groups is 1. The largest absolute Gasteiger partial charge is 0.480 e. The highest BCUT2D eigenvalue weighted by Gasteiger charge is 2.09. The summed E-state index contributed by atoms with van der Waals surface area (Å²) in [5.41, 5.74) is 7.68. The van der Waals surface area contributed by atoms with E-state index in [0.29, 0.717) is 22.4 Å². The average Bonchev–Trinajstić information content (AvgIpc) is 2.58. The Morgan fingerprint density at radius 3 is 2.42 bits per heavy atom. The van der Waals surface area contributed by atoms with Gasteiger partial charge in [-0.15, -0.1) is 0 Å². The number of nitrogen functional groups attached to an aromatic ring is 1. The van der Waals surface area contributed by atoms with Gasteiger partial charge in [0, 0.05) is 23.4 Å². The van der Waals surface area contributed by atoms with Crippen LogP contribution in [0.4, 0.5) is 5.69 Å². The van der Waals surface area contributed by atoms with Crippen LogP contribution in [0, 0.1) is 5.41 Å². The molecule has 0 saturated heterocycles. The molecule has 124 valence electrons. The number of rotatable bonds is 7. The molecule has 7 nitrogen and oxygen atoms in total. The number of anilines is 1. The maximum Gasteiger partial charge on any atom is 0.322 e. The number of hydrogen-bond donors (Lipinski definition) is 5. The molecule has 0 aliphatic heterocycles. The van der Waals surface area contributed by atoms with E-state index < -0.39 is 5.97 Å². The normalized spacial score (nSPS) is 10.0. The minimum absolute atomic E-state index is 0.117. The number of aliphatic carboxylic acids is 1. The van der Waals surface area contributed by atoms with Crippen molar-refractivity contribution in [3.8, 4) is 0 Å². The van der Waals surface area contributed by atoms with Crippen LogP contribution in [0.25, 0.3) is 0 Å². The summed E-state index contributed by atoms with van der Waals surface area (Å²) in [6, 6.07) is 13.7. The number of hydrogen-bond acceptors (Lipinski definition) is 4. The standard InChI is InChI=1S/C17H18N4O3/c18-16(19)12-6-7-13(14(8-12)20-10-15(22)23)9-21-17(24)11-4-2-1-3-5-11/h1-8,20H,9-10H2,(H3,18,19)(H,21,24)(H,22,23). The van der Waals surface area contributed by atoms with Crippen molar-refractivity contribution in [3.63, 3.8) is 0 Å². The summed E-state index contributed by atoms with van der Waals surface area (Å²) in [6.07, 6.45) is 0. The SMILES string of the molecule is N=C(N)c1ccc(CNC(=O)c2ccccc2)c(NCC(=O)O)c1. The van der Waals surface area contributed by atoms with Gasteiger partial charge in [-0.2, -0.15) is 0 Å². The highest BCUT2D eigenvalue weighted by Crippen LogP contribution is 2.18. The summed E-state index contributed by atoms with van der Waals surface area (Å²) >= 11 is 0. The molecule has 0 saturated carbocycles. The van der Waals surface area contributed by atoms with Crippen molar-refractivity contribution in [1.82, 2.24) is 5.32 Å². The smallest absolute Gasteiger partial charge is 0.322 e. The van der Waals surface area contributed by atoms with E-state index in [1.165, 1.54) is 0 Å². The van der Waals surface area contributed by atoms with Gasteiger partial charge in [-0.25, -0.2) is 0 Å². The molecule has 0 spiro atoms. The summed E-state index contributed by atoms with van der Waals surface area (Å²) < 4.78 is 0. The van der Waals surface area contributed by atoms with Crippen LogP contribution in [0.15, 0.2) is 48.5 Å². The molecule has 7 heteroatoms. The lowest BCUT2D eigenvalue weighted by molar-refractivity contribution is -0.134. The summed E-state index contributed by atoms with van der Waals surface area (Å²) in [6.45, 7) is -0.0607. The van der Waals surface area contributed by atoms with Crippen LogP contribution in [-0.2, 0) is 11.3 Å². The quantitative estimate of drug-likeness (QED) is 0.388. The van der Waals surface area contributed by atoms with E-state index in [9.17, 15) is 9.59 Å². The number of benzene rings is 2. The van der Waals surface area contributed by atoms with E-state index in [1.54, 1.807) is 42.5 Å². The van der Waals surface area contributed by atoms with Crippen molar-refractivity contribution < 1.29 is 14.7 Å². The zero-order valence-corrected chi connectivity index (χ0v) is 12.9. The van der Waals surface area contributed by atoms with Gasteiger partial charge < -0.3 is 21.5 Å². The molecule has 0 aliphatic rings. The Morgan fingerprint density at radius 1 is 1.08 bits per heavy atom. The van der Waals surface area contributed by atoms with Crippen LogP contribution in [0.3, 0.4) is 0 Å². The number of carbonyl (C=O) groups excluding carboxylic acids is 1. The fourth-order valence-corrected chi connectivity index (χ4v) is 2.10. The Hall–Kier alpha value is -3.35. The van der Waals surface area contributed by atoms with E-state index in [2.05, 4.69) is 10.6 Å². The molecule has 6 N–H and O–H groups in total. The molecule has 24 heavy (non-hydrogen) atoms. The maximum absolute atomic E-state index is 12.1. The monoisotopic (exact) mass is 326 g/mol. The molecule has 0 atom stereocenters. The third kappa shape index (κ3) is 4.57. The first-order chi connectivity index (χ1) is 11.5. The van der Waals surface area contributed by atoms with Gasteiger partial charge in [0.25, 0.3) is 5.91 Å². The van der Waals surface area contributed by atoms with E-state index in [-0.39, 0.29) is 24.8 Å². The molecular weight excluding hydrogens is 308 g/mol. The van der Waals surface area contributed by atoms with E-state index in [0.717, 1.165) is 0 Å². The van der Waals surface area contributed by atoms with Gasteiger partial charge in [0.2, 0.25) is 0 Å². The molecule has 0 aromatic heterocycles. The maximum atomic E-state index is 12.1. The molecule has 0 unspecified atom stereocenters. The van der Waals surface area contributed by atoms with E-state index >= 15 is 0 Å². The van der Waals surface area contributed by atoms with Crippen LogP contribution >= 0.6 is 0 Å². The van der Waals surface area contributed by atoms with E-state index in [4.69, 9.17) is 16.2 Å². The summed E-state index contributed by atoms with van der Waals surface area (Å²) in [7, 11) is 0. The summed E-state index contributed by atoms with van der Waals surface area (Å²) in [5.74, 6) is -1.36. The van der Waals surface area contributed by atoms with Gasteiger partial charge in [0.05, 0.1) is 0 Å². The van der Waals surface area contributed by atoms with E-state index in [1.807, 2.05) is 6.07 Å². The lowest BCUT2D eigenvalue weighted by atomic mass is 10.1. The van der Waals surface area contributed by atoms with Crippen molar-refractivity contribution >= 4 is 23.4 Å². The van der Waals surface area contributed by atoms with Crippen molar-refractivity contribution in [2.75, 3.05) is 11.9 Å². The first kappa shape index (κ1) is 17.0. The number of nitrogens with one attached hydrogen (secondary N) is 3. The third-order valence-corrected chi connectivity index (χ3v) is 3.33. The lowest BCUT2D eigenvalue weighted by Gasteiger charge is -2.13. The minimum Gasteiger partial charge on any atom is -0.480 e. The first-order valence-corrected chi connectivity index (χ1v) is 7.23. The van der Waals surface area contributed by atoms with Gasteiger partial charge >= 0.3 is 5.97 Å². The van der Waals surface area contributed by atoms with Crippen LogP contribution in [0.1, 0.15) is 21.5 Å². The molecule has 0 bridgehead atoms. The molecule has 2 aromatic rings. The predicted molar refractivity (Wildman–Crippen MR) is 91.2 cm³/mol. The Balaban J connectivity index is 2.14. The number of carboxylic acids is 1. The van der Waals surface area contributed by atoms with Crippen LogP contribution in [-0.4, -0.2) is 29.4 Å². The molecule has 2 aromatic carbocycles. The van der Waals surface area contributed by atoms with Crippen molar-refractivity contribution in [2.45, 2.75) is 6.54 Å². The zero-order chi connectivity index (χ0) is 17.5. The second kappa shape index (κ2) is 7.77. The molecule has 0 heterocycles. The highest BCUT2D eigenvalue weighted by atomic mass is 16.4. The van der Waals surface area contributed by atoms with Crippen LogP contribution in [0.5, 0.6) is 0 Å². The fraction of sp³-hybridized carbons (Fsp3) is 0.118.